The van der Waals surface area contributed by atoms with Crippen LogP contribution < -0.4 is 0 Å². The fraction of sp³-hybridized carbons (Fsp3) is 0.900. The quantitative estimate of drug-likeness (QED) is 0.428. The third kappa shape index (κ3) is 0.929. The van der Waals surface area contributed by atoms with E-state index in [2.05, 4.69) is 15.9 Å². The summed E-state index contributed by atoms with van der Waals surface area (Å²) in [5.74, 6) is -0.495. The third-order valence-corrected chi connectivity index (χ3v) is 5.33. The number of esters is 1. The first kappa shape index (κ1) is 10.1. The minimum absolute atomic E-state index is 0.0336. The topological polar surface area (TPSA) is 44.8 Å². The summed E-state index contributed by atoms with van der Waals surface area (Å²) >= 11 is 3.60. The van der Waals surface area contributed by atoms with Gasteiger partial charge in [0.2, 0.25) is 0 Å². The second-order valence-electron chi connectivity index (χ2n) is 4.45. The van der Waals surface area contributed by atoms with Crippen LogP contribution in [0.5, 0.6) is 0 Å². The van der Waals surface area contributed by atoms with E-state index in [1.807, 2.05) is 0 Å². The normalized spacial score (nSPS) is 49.8. The van der Waals surface area contributed by atoms with E-state index < -0.39 is 5.79 Å². The third-order valence-electron chi connectivity index (χ3n) is 4.17. The molecule has 0 aromatic carbocycles. The van der Waals surface area contributed by atoms with E-state index in [1.54, 1.807) is 14.2 Å². The molecule has 3 fully saturated rings. The van der Waals surface area contributed by atoms with Gasteiger partial charge in [0.25, 0.3) is 0 Å². The average Bonchev–Trinajstić information content (AvgIpc) is 2.77. The minimum atomic E-state index is -0.629. The molecule has 0 aromatic heterocycles. The van der Waals surface area contributed by atoms with Gasteiger partial charge in [0.15, 0.2) is 5.79 Å². The van der Waals surface area contributed by atoms with Crippen LogP contribution >= 0.6 is 15.9 Å². The molecule has 5 atom stereocenters. The summed E-state index contributed by atoms with van der Waals surface area (Å²) in [7, 11) is 3.29. The molecule has 0 spiro atoms. The smallest absolute Gasteiger partial charge is 0.309 e. The molecular weight excluding hydrogens is 264 g/mol. The molecular formula is C10H13BrO4. The molecule has 15 heavy (non-hydrogen) atoms. The van der Waals surface area contributed by atoms with Crippen LogP contribution in [0.2, 0.25) is 0 Å². The van der Waals surface area contributed by atoms with Crippen molar-refractivity contribution < 1.29 is 19.0 Å². The van der Waals surface area contributed by atoms with E-state index >= 15 is 0 Å². The molecule has 0 radical (unpaired) electrons. The van der Waals surface area contributed by atoms with Gasteiger partial charge in [-0.25, -0.2) is 0 Å². The molecule has 5 heteroatoms. The number of carbonyl (C=O) groups excluding carboxylic acids is 1. The lowest BCUT2D eigenvalue weighted by molar-refractivity contribution is -0.237. The van der Waals surface area contributed by atoms with E-state index in [0.29, 0.717) is 0 Å². The van der Waals surface area contributed by atoms with Gasteiger partial charge in [-0.2, -0.15) is 0 Å². The molecule has 3 aliphatic rings. The van der Waals surface area contributed by atoms with Crippen LogP contribution in [-0.2, 0) is 19.0 Å². The van der Waals surface area contributed by atoms with Crippen molar-refractivity contribution in [3.8, 4) is 0 Å². The van der Waals surface area contributed by atoms with Gasteiger partial charge in [-0.3, -0.25) is 4.79 Å². The van der Waals surface area contributed by atoms with Gasteiger partial charge >= 0.3 is 5.97 Å². The number of halogens is 1. The molecule has 5 unspecified atom stereocenters. The van der Waals surface area contributed by atoms with E-state index in [9.17, 15) is 4.79 Å². The van der Waals surface area contributed by atoms with Crippen LogP contribution in [0.4, 0.5) is 0 Å². The highest BCUT2D eigenvalue weighted by Crippen LogP contribution is 2.63. The van der Waals surface area contributed by atoms with Gasteiger partial charge in [-0.05, 0) is 6.42 Å². The Balaban J connectivity index is 2.07. The van der Waals surface area contributed by atoms with E-state index in [4.69, 9.17) is 14.2 Å². The van der Waals surface area contributed by atoms with Crippen molar-refractivity contribution in [1.29, 1.82) is 0 Å². The average molecular weight is 277 g/mol. The van der Waals surface area contributed by atoms with Crippen molar-refractivity contribution in [3.05, 3.63) is 0 Å². The fourth-order valence-corrected chi connectivity index (χ4v) is 4.63. The van der Waals surface area contributed by atoms with Crippen LogP contribution in [0.3, 0.4) is 0 Å². The van der Waals surface area contributed by atoms with Crippen molar-refractivity contribution in [1.82, 2.24) is 0 Å². The van der Waals surface area contributed by atoms with Crippen molar-refractivity contribution >= 4 is 21.9 Å². The Morgan fingerprint density at radius 1 is 1.47 bits per heavy atom. The number of alkyl halides is 1. The first-order valence-electron chi connectivity index (χ1n) is 5.10. The van der Waals surface area contributed by atoms with E-state index in [-0.39, 0.29) is 34.7 Å². The van der Waals surface area contributed by atoms with Crippen molar-refractivity contribution in [2.24, 2.45) is 17.8 Å². The highest BCUT2D eigenvalue weighted by atomic mass is 79.9. The summed E-state index contributed by atoms with van der Waals surface area (Å²) in [4.78, 5) is 11.8. The summed E-state index contributed by atoms with van der Waals surface area (Å²) in [6.07, 6.45) is 0.721. The SMILES string of the molecule is COC1(OC)C2CC3C(=O)OC(C2Br)C31. The molecule has 84 valence electrons. The fourth-order valence-electron chi connectivity index (χ4n) is 3.61. The summed E-state index contributed by atoms with van der Waals surface area (Å²) in [5.41, 5.74) is 0. The maximum atomic E-state index is 11.6. The highest BCUT2D eigenvalue weighted by molar-refractivity contribution is 9.09. The molecule has 4 nitrogen and oxygen atoms in total. The Hall–Kier alpha value is -0.130. The zero-order chi connectivity index (χ0) is 10.8. The number of hydrogen-bond donors (Lipinski definition) is 0. The molecule has 2 bridgehead atoms. The lowest BCUT2D eigenvalue weighted by atomic mass is 9.89. The predicted octanol–water partition coefficient (Wildman–Crippen LogP) is 0.930. The molecule has 2 saturated carbocycles. The maximum absolute atomic E-state index is 11.6. The zero-order valence-corrected chi connectivity index (χ0v) is 10.2. The molecule has 0 N–H and O–H groups in total. The van der Waals surface area contributed by atoms with Crippen LogP contribution in [0, 0.1) is 17.8 Å². The molecule has 3 rings (SSSR count). The lowest BCUT2D eigenvalue weighted by Crippen LogP contribution is -2.41. The highest BCUT2D eigenvalue weighted by Gasteiger charge is 2.74. The second-order valence-corrected chi connectivity index (χ2v) is 5.51. The maximum Gasteiger partial charge on any atom is 0.309 e. The summed E-state index contributed by atoms with van der Waals surface area (Å²) < 4.78 is 16.5. The number of rotatable bonds is 2. The van der Waals surface area contributed by atoms with Crippen LogP contribution in [0.15, 0.2) is 0 Å². The van der Waals surface area contributed by atoms with Crippen LogP contribution in [0.25, 0.3) is 0 Å². The van der Waals surface area contributed by atoms with Crippen LogP contribution in [0.1, 0.15) is 6.42 Å². The van der Waals surface area contributed by atoms with E-state index in [0.717, 1.165) is 6.42 Å². The number of methoxy groups -OCH3 is 2. The van der Waals surface area contributed by atoms with Crippen molar-refractivity contribution in [2.75, 3.05) is 14.2 Å². The Morgan fingerprint density at radius 3 is 2.67 bits per heavy atom. The van der Waals surface area contributed by atoms with Gasteiger partial charge in [0, 0.05) is 20.1 Å². The van der Waals surface area contributed by atoms with Crippen LogP contribution in [-0.4, -0.2) is 36.9 Å². The van der Waals surface area contributed by atoms with Gasteiger partial charge in [0.05, 0.1) is 16.7 Å². The Labute approximate surface area is 96.4 Å². The predicted molar refractivity (Wildman–Crippen MR) is 54.4 cm³/mol. The molecule has 2 aliphatic carbocycles. The summed E-state index contributed by atoms with van der Waals surface area (Å²) in [6.45, 7) is 0. The largest absolute Gasteiger partial charge is 0.460 e. The first-order chi connectivity index (χ1) is 7.15. The van der Waals surface area contributed by atoms with E-state index in [1.165, 1.54) is 0 Å². The molecule has 0 aromatic rings. The van der Waals surface area contributed by atoms with Gasteiger partial charge in [0.1, 0.15) is 6.10 Å². The van der Waals surface area contributed by atoms with Gasteiger partial charge in [-0.15, -0.1) is 0 Å². The molecule has 1 heterocycles. The van der Waals surface area contributed by atoms with Crippen molar-refractivity contribution in [2.45, 2.75) is 23.1 Å². The summed E-state index contributed by atoms with van der Waals surface area (Å²) in [6, 6.07) is 0. The van der Waals surface area contributed by atoms with Gasteiger partial charge < -0.3 is 14.2 Å². The van der Waals surface area contributed by atoms with Gasteiger partial charge in [-0.1, -0.05) is 15.9 Å². The lowest BCUT2D eigenvalue weighted by Gasteiger charge is -2.30. The monoisotopic (exact) mass is 276 g/mol. The summed E-state index contributed by atoms with van der Waals surface area (Å²) in [5, 5.41) is 0. The number of hydrogen-bond acceptors (Lipinski definition) is 4. The molecule has 1 aliphatic heterocycles. The van der Waals surface area contributed by atoms with Crippen molar-refractivity contribution in [3.63, 3.8) is 0 Å². The number of ether oxygens (including phenoxy) is 3. The first-order valence-corrected chi connectivity index (χ1v) is 6.02. The second kappa shape index (κ2) is 2.96. The Morgan fingerprint density at radius 2 is 2.13 bits per heavy atom. The standard InChI is InChI=1S/C10H13BrO4/c1-13-10(14-2)5-3-4-6(10)8(7(5)11)15-9(4)12/h4-8H,3H2,1-2H3. The Bertz CT molecular complexity index is 315. The number of fused-ring (bicyclic) bond motifs is 1. The molecule has 1 saturated heterocycles. The number of carbonyl (C=O) groups is 1. The molecule has 0 amide bonds. The zero-order valence-electron chi connectivity index (χ0n) is 8.60. The minimum Gasteiger partial charge on any atom is -0.460 e. The Kier molecular flexibility index (Phi) is 1.98.